The Morgan fingerprint density at radius 2 is 2.12 bits per heavy atom. The fourth-order valence-corrected chi connectivity index (χ4v) is 3.54. The van der Waals surface area contributed by atoms with Gasteiger partial charge in [-0.2, -0.15) is 0 Å². The Labute approximate surface area is 146 Å². The van der Waals surface area contributed by atoms with Crippen LogP contribution in [-0.4, -0.2) is 15.3 Å². The second-order valence-electron chi connectivity index (χ2n) is 5.49. The van der Waals surface area contributed by atoms with Gasteiger partial charge in [0.05, 0.1) is 12.0 Å². The van der Waals surface area contributed by atoms with Crippen LogP contribution in [0.1, 0.15) is 16.2 Å². The van der Waals surface area contributed by atoms with Crippen molar-refractivity contribution >= 4 is 27.9 Å². The van der Waals surface area contributed by atoms with Crippen LogP contribution < -0.4 is 10.9 Å². The Morgan fingerprint density at radius 3 is 2.92 bits per heavy atom. The van der Waals surface area contributed by atoms with E-state index >= 15 is 0 Å². The van der Waals surface area contributed by atoms with Crippen molar-refractivity contribution in [2.45, 2.75) is 6.92 Å². The largest absolute Gasteiger partial charge is 0.459 e. The smallest absolute Gasteiger partial charge is 0.291 e. The molecule has 0 unspecified atom stereocenters. The van der Waals surface area contributed by atoms with Gasteiger partial charge < -0.3 is 9.73 Å². The van der Waals surface area contributed by atoms with Crippen molar-refractivity contribution in [1.29, 1.82) is 0 Å². The molecule has 25 heavy (non-hydrogen) atoms. The molecule has 4 aromatic rings. The first-order valence-electron chi connectivity index (χ1n) is 7.55. The lowest BCUT2D eigenvalue weighted by molar-refractivity contribution is 0.0996. The highest BCUT2D eigenvalue weighted by atomic mass is 32.1. The molecule has 1 amide bonds. The van der Waals surface area contributed by atoms with Crippen LogP contribution in [0.15, 0.2) is 63.3 Å². The lowest BCUT2D eigenvalue weighted by atomic mass is 10.1. The summed E-state index contributed by atoms with van der Waals surface area (Å²) in [6, 6.07) is 12.1. The van der Waals surface area contributed by atoms with Crippen molar-refractivity contribution in [2.24, 2.45) is 0 Å². The molecule has 0 aliphatic carbocycles. The number of carbonyl (C=O) groups is 1. The Morgan fingerprint density at radius 1 is 1.24 bits per heavy atom. The predicted octanol–water partition coefficient (Wildman–Crippen LogP) is 3.58. The summed E-state index contributed by atoms with van der Waals surface area (Å²) in [7, 11) is 0. The third-order valence-electron chi connectivity index (χ3n) is 3.69. The zero-order chi connectivity index (χ0) is 17.4. The normalized spacial score (nSPS) is 10.9. The Balaban J connectivity index is 1.73. The second kappa shape index (κ2) is 6.03. The quantitative estimate of drug-likeness (QED) is 0.612. The van der Waals surface area contributed by atoms with Crippen LogP contribution in [0.5, 0.6) is 0 Å². The lowest BCUT2D eigenvalue weighted by Gasteiger charge is -2.06. The molecule has 0 saturated heterocycles. The zero-order valence-corrected chi connectivity index (χ0v) is 14.0. The number of furan rings is 1. The average Bonchev–Trinajstić information content (AvgIpc) is 3.24. The molecule has 124 valence electrons. The summed E-state index contributed by atoms with van der Waals surface area (Å²) in [4.78, 5) is 29.5. The van der Waals surface area contributed by atoms with Crippen LogP contribution in [-0.2, 0) is 0 Å². The van der Waals surface area contributed by atoms with Gasteiger partial charge in [-0.1, -0.05) is 12.1 Å². The number of rotatable bonds is 3. The van der Waals surface area contributed by atoms with Crippen molar-refractivity contribution in [3.63, 3.8) is 0 Å². The highest BCUT2D eigenvalue weighted by Gasteiger charge is 2.12. The Bertz CT molecular complexity index is 1130. The first-order valence-corrected chi connectivity index (χ1v) is 8.43. The molecule has 1 N–H and O–H groups in total. The van der Waals surface area contributed by atoms with Gasteiger partial charge in [-0.3, -0.25) is 14.0 Å². The molecule has 6 nitrogen and oxygen atoms in total. The molecular weight excluding hydrogens is 338 g/mol. The maximum absolute atomic E-state index is 12.3. The number of hydrogen-bond donors (Lipinski definition) is 1. The highest BCUT2D eigenvalue weighted by molar-refractivity contribution is 7.15. The third kappa shape index (κ3) is 2.85. The molecule has 3 aromatic heterocycles. The van der Waals surface area contributed by atoms with E-state index in [1.165, 1.54) is 23.7 Å². The van der Waals surface area contributed by atoms with E-state index in [0.717, 1.165) is 11.3 Å². The van der Waals surface area contributed by atoms with Gasteiger partial charge in [-0.15, -0.1) is 11.3 Å². The van der Waals surface area contributed by atoms with E-state index in [9.17, 15) is 9.59 Å². The van der Waals surface area contributed by atoms with Gasteiger partial charge in [0.25, 0.3) is 11.5 Å². The van der Waals surface area contributed by atoms with Crippen molar-refractivity contribution in [3.8, 4) is 11.3 Å². The molecule has 0 radical (unpaired) electrons. The number of carbonyl (C=O) groups excluding carboxylic acids is 1. The minimum absolute atomic E-state index is 0.122. The molecule has 0 atom stereocenters. The summed E-state index contributed by atoms with van der Waals surface area (Å²) in [5.41, 5.74) is 2.75. The van der Waals surface area contributed by atoms with Crippen molar-refractivity contribution in [3.05, 3.63) is 75.9 Å². The number of benzene rings is 1. The van der Waals surface area contributed by atoms with Crippen LogP contribution in [0.25, 0.3) is 16.2 Å². The van der Waals surface area contributed by atoms with Gasteiger partial charge in [-0.25, -0.2) is 4.98 Å². The molecule has 0 saturated carbocycles. The van der Waals surface area contributed by atoms with Gasteiger partial charge in [0.2, 0.25) is 0 Å². The summed E-state index contributed by atoms with van der Waals surface area (Å²) >= 11 is 1.40. The van der Waals surface area contributed by atoms with Crippen molar-refractivity contribution in [1.82, 2.24) is 9.38 Å². The van der Waals surface area contributed by atoms with E-state index in [4.69, 9.17) is 4.42 Å². The molecule has 0 aliphatic heterocycles. The second-order valence-corrected chi connectivity index (χ2v) is 6.32. The minimum atomic E-state index is -0.327. The maximum Gasteiger partial charge on any atom is 0.291 e. The van der Waals surface area contributed by atoms with E-state index in [-0.39, 0.29) is 17.2 Å². The summed E-state index contributed by atoms with van der Waals surface area (Å²) in [5, 5.41) is 4.67. The van der Waals surface area contributed by atoms with Crippen LogP contribution >= 0.6 is 11.3 Å². The molecule has 0 fully saturated rings. The monoisotopic (exact) mass is 351 g/mol. The summed E-state index contributed by atoms with van der Waals surface area (Å²) in [6.45, 7) is 1.80. The van der Waals surface area contributed by atoms with Gasteiger partial charge in [0, 0.05) is 28.4 Å². The number of nitrogens with zero attached hydrogens (tertiary/aromatic N) is 2. The fourth-order valence-electron chi connectivity index (χ4n) is 2.59. The predicted molar refractivity (Wildman–Crippen MR) is 96.2 cm³/mol. The first kappa shape index (κ1) is 15.3. The van der Waals surface area contributed by atoms with Crippen LogP contribution in [0.2, 0.25) is 0 Å². The molecule has 0 bridgehead atoms. The highest BCUT2D eigenvalue weighted by Crippen LogP contribution is 2.26. The summed E-state index contributed by atoms with van der Waals surface area (Å²) in [5.74, 6) is -0.0888. The summed E-state index contributed by atoms with van der Waals surface area (Å²) in [6.07, 6.45) is 1.45. The molecule has 4 rings (SSSR count). The molecule has 3 heterocycles. The number of nitrogens with one attached hydrogen (secondary N) is 1. The lowest BCUT2D eigenvalue weighted by Crippen LogP contribution is -2.14. The third-order valence-corrected chi connectivity index (χ3v) is 4.52. The summed E-state index contributed by atoms with van der Waals surface area (Å²) < 4.78 is 6.67. The number of aromatic nitrogens is 2. The first-order chi connectivity index (χ1) is 12.1. The fraction of sp³-hybridized carbons (Fsp3) is 0.0556. The van der Waals surface area contributed by atoms with Gasteiger partial charge in [0.15, 0.2) is 10.7 Å². The van der Waals surface area contributed by atoms with Gasteiger partial charge in [0.1, 0.15) is 0 Å². The maximum atomic E-state index is 12.3. The van der Waals surface area contributed by atoms with Crippen molar-refractivity contribution < 1.29 is 9.21 Å². The molecule has 0 aliphatic rings. The van der Waals surface area contributed by atoms with Crippen LogP contribution in [0, 0.1) is 6.92 Å². The zero-order valence-electron chi connectivity index (χ0n) is 13.2. The average molecular weight is 351 g/mol. The molecular formula is C18H13N3O3S. The van der Waals surface area contributed by atoms with Crippen LogP contribution in [0.3, 0.4) is 0 Å². The van der Waals surface area contributed by atoms with E-state index < -0.39 is 0 Å². The standard InChI is InChI=1S/C18H13N3O3S/c1-11-8-16(22)21-14(10-25-18(21)19-11)12-4-2-5-13(9-12)20-17(23)15-6-3-7-24-15/h2-10H,1H3,(H,20,23). The topological polar surface area (TPSA) is 76.6 Å². The Kier molecular flexibility index (Phi) is 3.70. The minimum Gasteiger partial charge on any atom is -0.459 e. The molecule has 0 spiro atoms. The number of hydrogen-bond acceptors (Lipinski definition) is 5. The molecule has 1 aromatic carbocycles. The van der Waals surface area contributed by atoms with E-state index in [1.807, 2.05) is 23.6 Å². The van der Waals surface area contributed by atoms with Crippen LogP contribution in [0.4, 0.5) is 5.69 Å². The van der Waals surface area contributed by atoms with Gasteiger partial charge >= 0.3 is 0 Å². The number of amides is 1. The van der Waals surface area contributed by atoms with E-state index in [0.29, 0.717) is 16.3 Å². The SMILES string of the molecule is Cc1cc(=O)n2c(-c3cccc(NC(=O)c4ccco4)c3)csc2n1. The number of fused-ring (bicyclic) bond motifs is 1. The van der Waals surface area contributed by atoms with Crippen molar-refractivity contribution in [2.75, 3.05) is 5.32 Å². The Hall–Kier alpha value is -3.19. The number of thiazole rings is 1. The number of anilines is 1. The van der Waals surface area contributed by atoms with E-state index in [2.05, 4.69) is 10.3 Å². The molecule has 7 heteroatoms. The van der Waals surface area contributed by atoms with E-state index in [1.54, 1.807) is 29.5 Å². The number of aryl methyl sites for hydroxylation is 1. The van der Waals surface area contributed by atoms with Gasteiger partial charge in [-0.05, 0) is 31.2 Å².